The van der Waals surface area contributed by atoms with Crippen molar-refractivity contribution in [2.45, 2.75) is 12.6 Å². The van der Waals surface area contributed by atoms with Crippen LogP contribution in [0.2, 0.25) is 5.02 Å². The number of piperazine rings is 1. The fourth-order valence-electron chi connectivity index (χ4n) is 3.56. The first kappa shape index (κ1) is 26.4. The van der Waals surface area contributed by atoms with Crippen molar-refractivity contribution in [3.05, 3.63) is 35.5 Å². The van der Waals surface area contributed by atoms with Crippen molar-refractivity contribution in [3.8, 4) is 21.8 Å². The number of anilines is 3. The van der Waals surface area contributed by atoms with Gasteiger partial charge in [-0.1, -0.05) is 35.1 Å². The Morgan fingerprint density at radius 2 is 1.89 bits per heavy atom. The predicted molar refractivity (Wildman–Crippen MR) is 136 cm³/mol. The van der Waals surface area contributed by atoms with Gasteiger partial charge in [0, 0.05) is 37.9 Å². The summed E-state index contributed by atoms with van der Waals surface area (Å²) in [5, 5.41) is 0.740. The molecule has 36 heavy (non-hydrogen) atoms. The minimum Gasteiger partial charge on any atom is -0.368 e. The smallest absolute Gasteiger partial charge is 0.368 e. The lowest BCUT2D eigenvalue weighted by Crippen LogP contribution is -2.44. The van der Waals surface area contributed by atoms with E-state index < -0.39 is 28.4 Å². The molecule has 3 N–H and O–H groups in total. The maximum absolute atomic E-state index is 12.5. The molecule has 1 aliphatic rings. The monoisotopic (exact) mass is 561 g/mol. The number of thiazole rings is 1. The molecule has 0 atom stereocenters. The van der Waals surface area contributed by atoms with Crippen molar-refractivity contribution in [2.75, 3.05) is 54.3 Å². The van der Waals surface area contributed by atoms with Crippen LogP contribution in [-0.2, 0) is 10.0 Å². The third-order valence-electron chi connectivity index (χ3n) is 5.47. The van der Waals surface area contributed by atoms with Crippen LogP contribution in [0.25, 0.3) is 21.8 Å². The van der Waals surface area contributed by atoms with E-state index in [1.807, 2.05) is 7.05 Å². The summed E-state index contributed by atoms with van der Waals surface area (Å²) in [6.45, 7) is 3.25. The molecule has 15 heteroatoms. The Labute approximate surface area is 215 Å². The van der Waals surface area contributed by atoms with E-state index in [4.69, 9.17) is 22.3 Å². The zero-order valence-electron chi connectivity index (χ0n) is 19.1. The first-order valence-corrected chi connectivity index (χ1v) is 13.7. The largest absolute Gasteiger partial charge is 0.390 e. The fraction of sp³-hybridized carbons (Fsp3) is 0.381. The summed E-state index contributed by atoms with van der Waals surface area (Å²) in [7, 11) is -2.25. The number of nitrogen functional groups attached to an aromatic ring is 1. The number of hydrogen-bond donors (Lipinski definition) is 2. The van der Waals surface area contributed by atoms with E-state index in [-0.39, 0.29) is 16.7 Å². The van der Waals surface area contributed by atoms with Gasteiger partial charge in [0.05, 0.1) is 39.1 Å². The maximum Gasteiger partial charge on any atom is 0.390 e. The van der Waals surface area contributed by atoms with Gasteiger partial charge in [0.15, 0.2) is 5.13 Å². The second-order valence-corrected chi connectivity index (χ2v) is 11.4. The molecule has 0 bridgehead atoms. The minimum absolute atomic E-state index is 0.00610. The van der Waals surface area contributed by atoms with Crippen LogP contribution in [0.4, 0.5) is 29.9 Å². The summed E-state index contributed by atoms with van der Waals surface area (Å²) >= 11 is 7.97. The normalized spacial score (nSPS) is 15.3. The molecule has 2 aromatic heterocycles. The quantitative estimate of drug-likeness (QED) is 0.445. The molecule has 194 valence electrons. The second-order valence-electron chi connectivity index (χ2n) is 8.22. The molecule has 0 radical (unpaired) electrons. The molecule has 1 fully saturated rings. The molecular formula is C21H23ClF3N7O2S2. The summed E-state index contributed by atoms with van der Waals surface area (Å²) in [4.78, 5) is 18.1. The highest BCUT2D eigenvalue weighted by molar-refractivity contribution is 7.92. The summed E-state index contributed by atoms with van der Waals surface area (Å²) in [5.74, 6) is -1.04. The number of benzene rings is 1. The van der Waals surface area contributed by atoms with Crippen molar-refractivity contribution in [2.24, 2.45) is 0 Å². The molecule has 0 amide bonds. The molecule has 3 aromatic rings. The Kier molecular flexibility index (Phi) is 7.59. The lowest BCUT2D eigenvalue weighted by Gasteiger charge is -2.32. The third-order valence-corrected chi connectivity index (χ3v) is 8.29. The van der Waals surface area contributed by atoms with Crippen LogP contribution in [0.3, 0.4) is 0 Å². The molecule has 1 aromatic carbocycles. The molecule has 1 aliphatic heterocycles. The van der Waals surface area contributed by atoms with E-state index in [0.29, 0.717) is 21.8 Å². The maximum atomic E-state index is 12.5. The Morgan fingerprint density at radius 3 is 2.56 bits per heavy atom. The standard InChI is InChI=1S/C21H23ClF3N7O2S2/c1-31-8-10-32(11-9-31)20-29-17(18(35-20)15-5-7-27-19(26)28-15)13-3-2-4-14(16(13)22)30-36(33,34)12-6-21(23,24)25/h2-5,7,30H,6,8-12H2,1H3,(H2,26,27,28). The number of sulfonamides is 1. The Bertz CT molecular complexity index is 1340. The number of aromatic nitrogens is 3. The van der Waals surface area contributed by atoms with Crippen molar-refractivity contribution >= 4 is 49.7 Å². The first-order valence-electron chi connectivity index (χ1n) is 10.8. The summed E-state index contributed by atoms with van der Waals surface area (Å²) in [6, 6.07) is 6.27. The van der Waals surface area contributed by atoms with Gasteiger partial charge in [-0.2, -0.15) is 13.2 Å². The molecule has 0 unspecified atom stereocenters. The molecule has 0 spiro atoms. The van der Waals surface area contributed by atoms with Gasteiger partial charge < -0.3 is 15.5 Å². The summed E-state index contributed by atoms with van der Waals surface area (Å²) < 4.78 is 64.4. The highest BCUT2D eigenvalue weighted by atomic mass is 35.5. The van der Waals surface area contributed by atoms with Gasteiger partial charge in [-0.3, -0.25) is 4.72 Å². The lowest BCUT2D eigenvalue weighted by atomic mass is 10.1. The number of nitrogens with zero attached hydrogens (tertiary/aromatic N) is 5. The van der Waals surface area contributed by atoms with E-state index in [1.165, 1.54) is 23.6 Å². The Morgan fingerprint density at radius 1 is 1.17 bits per heavy atom. The van der Waals surface area contributed by atoms with Crippen molar-refractivity contribution in [3.63, 3.8) is 0 Å². The number of rotatable bonds is 7. The van der Waals surface area contributed by atoms with E-state index in [2.05, 4.69) is 24.5 Å². The number of alkyl halides is 3. The topological polar surface area (TPSA) is 117 Å². The van der Waals surface area contributed by atoms with E-state index in [0.717, 1.165) is 31.3 Å². The average Bonchev–Trinajstić information content (AvgIpc) is 3.24. The van der Waals surface area contributed by atoms with Crippen molar-refractivity contribution in [1.82, 2.24) is 19.9 Å². The van der Waals surface area contributed by atoms with Crippen LogP contribution in [0.15, 0.2) is 30.5 Å². The van der Waals surface area contributed by atoms with Crippen LogP contribution in [-0.4, -0.2) is 73.4 Å². The number of nitrogens with two attached hydrogens (primary N) is 1. The summed E-state index contributed by atoms with van der Waals surface area (Å²) in [6.07, 6.45) is -4.56. The van der Waals surface area contributed by atoms with Gasteiger partial charge in [-0.15, -0.1) is 0 Å². The molecule has 3 heterocycles. The fourth-order valence-corrected chi connectivity index (χ4v) is 6.09. The lowest BCUT2D eigenvalue weighted by molar-refractivity contribution is -0.129. The van der Waals surface area contributed by atoms with E-state index in [1.54, 1.807) is 18.2 Å². The van der Waals surface area contributed by atoms with Crippen molar-refractivity contribution in [1.29, 1.82) is 0 Å². The van der Waals surface area contributed by atoms with Crippen LogP contribution >= 0.6 is 22.9 Å². The highest BCUT2D eigenvalue weighted by Crippen LogP contribution is 2.44. The number of likely N-dealkylation sites (N-methyl/N-ethyl adjacent to an activating group) is 1. The molecule has 0 saturated carbocycles. The number of halogens is 4. The molecule has 0 aliphatic carbocycles. The average molecular weight is 562 g/mol. The molecule has 1 saturated heterocycles. The minimum atomic E-state index is -4.60. The van der Waals surface area contributed by atoms with Gasteiger partial charge in [-0.25, -0.2) is 23.4 Å². The summed E-state index contributed by atoms with van der Waals surface area (Å²) in [5.41, 5.74) is 7.12. The van der Waals surface area contributed by atoms with Gasteiger partial charge in [0.1, 0.15) is 0 Å². The number of nitrogens with one attached hydrogen (secondary N) is 1. The Balaban J connectivity index is 1.73. The van der Waals surface area contributed by atoms with Crippen molar-refractivity contribution < 1.29 is 21.6 Å². The zero-order chi connectivity index (χ0) is 26.1. The van der Waals surface area contributed by atoms with E-state index in [9.17, 15) is 21.6 Å². The molecule has 9 nitrogen and oxygen atoms in total. The van der Waals surface area contributed by atoms with E-state index >= 15 is 0 Å². The van der Waals surface area contributed by atoms with Gasteiger partial charge >= 0.3 is 6.18 Å². The Hall–Kier alpha value is -2.68. The zero-order valence-corrected chi connectivity index (χ0v) is 21.5. The predicted octanol–water partition coefficient (Wildman–Crippen LogP) is 3.95. The second kappa shape index (κ2) is 10.4. The van der Waals surface area contributed by atoms with Gasteiger partial charge in [0.2, 0.25) is 16.0 Å². The highest BCUT2D eigenvalue weighted by Gasteiger charge is 2.30. The SMILES string of the molecule is CN1CCN(c2nc(-c3cccc(NS(=O)(=O)CCC(F)(F)F)c3Cl)c(-c3ccnc(N)n3)s2)CC1. The van der Waals surface area contributed by atoms with Crippen LogP contribution in [0.5, 0.6) is 0 Å². The van der Waals surface area contributed by atoms with Gasteiger partial charge in [-0.05, 0) is 19.2 Å². The van der Waals surface area contributed by atoms with Crippen LogP contribution < -0.4 is 15.4 Å². The first-order chi connectivity index (χ1) is 16.9. The third kappa shape index (κ3) is 6.35. The van der Waals surface area contributed by atoms with Crippen LogP contribution in [0, 0.1) is 0 Å². The number of hydrogen-bond acceptors (Lipinski definition) is 9. The molecular weight excluding hydrogens is 539 g/mol. The van der Waals surface area contributed by atoms with Crippen LogP contribution in [0.1, 0.15) is 6.42 Å². The molecule has 4 rings (SSSR count). The van der Waals surface area contributed by atoms with Gasteiger partial charge in [0.25, 0.3) is 0 Å².